The molecular weight excluding hydrogens is 534 g/mol. The van der Waals surface area contributed by atoms with Crippen LogP contribution < -0.4 is 15.4 Å². The van der Waals surface area contributed by atoms with Crippen molar-refractivity contribution in [1.82, 2.24) is 34.3 Å². The Hall–Kier alpha value is -5.39. The molecule has 12 heteroatoms. The van der Waals surface area contributed by atoms with E-state index < -0.39 is 5.54 Å². The minimum atomic E-state index is -1.21. The average Bonchev–Trinajstić information content (AvgIpc) is 3.81. The number of aromatic nitrogens is 6. The van der Waals surface area contributed by atoms with Gasteiger partial charge in [0.05, 0.1) is 30.6 Å². The molecule has 1 aliphatic rings. The Morgan fingerprint density at radius 1 is 0.952 bits per heavy atom. The Morgan fingerprint density at radius 3 is 2.45 bits per heavy atom. The molecule has 0 aliphatic carbocycles. The van der Waals surface area contributed by atoms with Crippen molar-refractivity contribution < 1.29 is 13.9 Å². The Bertz CT molecular complexity index is 1890. The Morgan fingerprint density at radius 2 is 1.71 bits per heavy atom. The maximum Gasteiger partial charge on any atom is 0.255 e. The SMILES string of the molecule is COc1ccccc1N1CCN(C(=O)C(C)(c2ccccc2)n2ncc3c2nc(N)n2nc(-c4ccco4)nc32)CC1. The minimum absolute atomic E-state index is 0.0867. The number of rotatable bonds is 6. The van der Waals surface area contributed by atoms with Crippen LogP contribution in [0.1, 0.15) is 12.5 Å². The third-order valence-electron chi connectivity index (χ3n) is 7.94. The first-order valence-corrected chi connectivity index (χ1v) is 13.7. The van der Waals surface area contributed by atoms with E-state index in [1.807, 2.05) is 66.4 Å². The van der Waals surface area contributed by atoms with E-state index in [4.69, 9.17) is 20.0 Å². The summed E-state index contributed by atoms with van der Waals surface area (Å²) in [5.41, 5.74) is 7.88. The maximum atomic E-state index is 14.6. The van der Waals surface area contributed by atoms with Gasteiger partial charge in [-0.25, -0.2) is 9.67 Å². The van der Waals surface area contributed by atoms with Crippen molar-refractivity contribution in [3.8, 4) is 17.3 Å². The molecule has 1 atom stereocenters. The molecule has 12 nitrogen and oxygen atoms in total. The van der Waals surface area contributed by atoms with Crippen molar-refractivity contribution >= 4 is 34.2 Å². The first-order valence-electron chi connectivity index (χ1n) is 13.7. The summed E-state index contributed by atoms with van der Waals surface area (Å²) in [6, 6.07) is 21.1. The highest BCUT2D eigenvalue weighted by molar-refractivity contribution is 5.94. The second-order valence-corrected chi connectivity index (χ2v) is 10.3. The fraction of sp³-hybridized carbons (Fsp3) is 0.233. The maximum absolute atomic E-state index is 14.6. The summed E-state index contributed by atoms with van der Waals surface area (Å²) in [7, 11) is 1.67. The monoisotopic (exact) mass is 563 g/mol. The molecule has 1 aliphatic heterocycles. The van der Waals surface area contributed by atoms with Crippen molar-refractivity contribution in [3.63, 3.8) is 0 Å². The van der Waals surface area contributed by atoms with Crippen molar-refractivity contribution in [2.45, 2.75) is 12.5 Å². The molecule has 5 heterocycles. The zero-order chi connectivity index (χ0) is 28.8. The second kappa shape index (κ2) is 9.91. The van der Waals surface area contributed by atoms with E-state index >= 15 is 0 Å². The molecule has 0 radical (unpaired) electrons. The normalized spacial score (nSPS) is 15.3. The number of methoxy groups -OCH3 is 1. The molecule has 212 valence electrons. The smallest absolute Gasteiger partial charge is 0.255 e. The number of benzene rings is 2. The van der Waals surface area contributed by atoms with Crippen LogP contribution in [0.3, 0.4) is 0 Å². The van der Waals surface area contributed by atoms with E-state index in [9.17, 15) is 4.79 Å². The number of carbonyl (C=O) groups is 1. The van der Waals surface area contributed by atoms with Gasteiger partial charge < -0.3 is 24.7 Å². The zero-order valence-electron chi connectivity index (χ0n) is 23.2. The van der Waals surface area contributed by atoms with Gasteiger partial charge in [0, 0.05) is 26.2 Å². The van der Waals surface area contributed by atoms with E-state index in [0.717, 1.165) is 17.0 Å². The molecule has 2 N–H and O–H groups in total. The van der Waals surface area contributed by atoms with Gasteiger partial charge in [-0.05, 0) is 36.8 Å². The van der Waals surface area contributed by atoms with Crippen LogP contribution in [0.25, 0.3) is 28.3 Å². The van der Waals surface area contributed by atoms with Crippen molar-refractivity contribution in [1.29, 1.82) is 0 Å². The van der Waals surface area contributed by atoms with Crippen LogP contribution in [0, 0.1) is 0 Å². The van der Waals surface area contributed by atoms with Gasteiger partial charge in [-0.1, -0.05) is 42.5 Å². The van der Waals surface area contributed by atoms with Crippen LogP contribution in [-0.4, -0.2) is 73.5 Å². The molecule has 0 spiro atoms. The molecule has 1 saturated heterocycles. The van der Waals surface area contributed by atoms with Gasteiger partial charge in [-0.2, -0.15) is 14.6 Å². The van der Waals surface area contributed by atoms with Gasteiger partial charge in [0.15, 0.2) is 22.6 Å². The molecule has 1 fully saturated rings. The van der Waals surface area contributed by atoms with Crippen molar-refractivity contribution in [2.75, 3.05) is 43.9 Å². The topological polar surface area (TPSA) is 133 Å². The lowest BCUT2D eigenvalue weighted by Gasteiger charge is -2.41. The fourth-order valence-electron chi connectivity index (χ4n) is 5.70. The van der Waals surface area contributed by atoms with Crippen LogP contribution in [0.15, 0.2) is 83.6 Å². The van der Waals surface area contributed by atoms with E-state index in [1.54, 1.807) is 36.4 Å². The average molecular weight is 564 g/mol. The highest BCUT2D eigenvalue weighted by atomic mass is 16.5. The first kappa shape index (κ1) is 25.6. The number of carbonyl (C=O) groups excluding carboxylic acids is 1. The first-order chi connectivity index (χ1) is 20.5. The van der Waals surface area contributed by atoms with E-state index in [1.165, 1.54) is 4.52 Å². The number of anilines is 2. The Balaban J connectivity index is 1.28. The standard InChI is InChI=1S/C30H29N9O3/c1-30(20-9-4-3-5-10-20,28(40)37-16-14-36(15-17-37)22-11-6-7-12-23(22)41-2)39-27-21(19-32-39)26-33-25(24-13-8-18-42-24)35-38(26)29(31)34-27/h3-13,18-19H,14-17H2,1-2H3,(H2,31,34). The lowest BCUT2D eigenvalue weighted by Crippen LogP contribution is -2.56. The van der Waals surface area contributed by atoms with Crippen LogP contribution >= 0.6 is 0 Å². The van der Waals surface area contributed by atoms with Crippen LogP contribution in [-0.2, 0) is 10.3 Å². The van der Waals surface area contributed by atoms with E-state index in [2.05, 4.69) is 20.0 Å². The highest BCUT2D eigenvalue weighted by Gasteiger charge is 2.43. The van der Waals surface area contributed by atoms with E-state index in [-0.39, 0.29) is 11.9 Å². The quantitative estimate of drug-likeness (QED) is 0.324. The molecular formula is C30H29N9O3. The lowest BCUT2D eigenvalue weighted by atomic mass is 9.90. The van der Waals surface area contributed by atoms with Gasteiger partial charge in [-0.15, -0.1) is 5.10 Å². The largest absolute Gasteiger partial charge is 0.495 e. The molecule has 7 rings (SSSR count). The zero-order valence-corrected chi connectivity index (χ0v) is 23.2. The van der Waals surface area contributed by atoms with Crippen LogP contribution in [0.4, 0.5) is 11.6 Å². The fourth-order valence-corrected chi connectivity index (χ4v) is 5.70. The number of amides is 1. The summed E-state index contributed by atoms with van der Waals surface area (Å²) in [6.07, 6.45) is 3.22. The number of hydrogen-bond acceptors (Lipinski definition) is 9. The van der Waals surface area contributed by atoms with Gasteiger partial charge in [-0.3, -0.25) is 4.79 Å². The number of hydrogen-bond donors (Lipinski definition) is 1. The van der Waals surface area contributed by atoms with Gasteiger partial charge in [0.25, 0.3) is 5.91 Å². The summed E-state index contributed by atoms with van der Waals surface area (Å²) in [4.78, 5) is 28.0. The number of furan rings is 1. The summed E-state index contributed by atoms with van der Waals surface area (Å²) in [5, 5.41) is 9.83. The van der Waals surface area contributed by atoms with Crippen LogP contribution in [0.2, 0.25) is 0 Å². The molecule has 4 aromatic heterocycles. The predicted molar refractivity (Wildman–Crippen MR) is 157 cm³/mol. The summed E-state index contributed by atoms with van der Waals surface area (Å²) in [5.74, 6) is 1.74. The Kier molecular flexibility index (Phi) is 6.03. The molecule has 1 amide bonds. The van der Waals surface area contributed by atoms with Crippen molar-refractivity contribution in [2.24, 2.45) is 0 Å². The number of nitrogen functional groups attached to an aromatic ring is 1. The number of fused-ring (bicyclic) bond motifs is 3. The molecule has 2 aromatic carbocycles. The molecule has 0 saturated carbocycles. The lowest BCUT2D eigenvalue weighted by molar-refractivity contribution is -0.138. The molecule has 0 bridgehead atoms. The van der Waals surface area contributed by atoms with Gasteiger partial charge >= 0.3 is 0 Å². The molecule has 6 aromatic rings. The third kappa shape index (κ3) is 3.94. The highest BCUT2D eigenvalue weighted by Crippen LogP contribution is 2.34. The second-order valence-electron chi connectivity index (χ2n) is 10.3. The van der Waals surface area contributed by atoms with Crippen LogP contribution in [0.5, 0.6) is 5.75 Å². The van der Waals surface area contributed by atoms with Crippen molar-refractivity contribution in [3.05, 3.63) is 84.8 Å². The number of nitrogens with zero attached hydrogens (tertiary/aromatic N) is 8. The van der Waals surface area contributed by atoms with E-state index in [0.29, 0.717) is 54.4 Å². The Labute approximate surface area is 240 Å². The minimum Gasteiger partial charge on any atom is -0.495 e. The number of piperazine rings is 1. The third-order valence-corrected chi connectivity index (χ3v) is 7.94. The molecule has 42 heavy (non-hydrogen) atoms. The summed E-state index contributed by atoms with van der Waals surface area (Å²) in [6.45, 7) is 4.28. The number of nitrogens with two attached hydrogens (primary N) is 1. The number of ether oxygens (including phenoxy) is 1. The number of para-hydroxylation sites is 2. The van der Waals surface area contributed by atoms with Gasteiger partial charge in [0.1, 0.15) is 5.75 Å². The van der Waals surface area contributed by atoms with Gasteiger partial charge in [0.2, 0.25) is 11.8 Å². The summed E-state index contributed by atoms with van der Waals surface area (Å²) < 4.78 is 14.2. The summed E-state index contributed by atoms with van der Waals surface area (Å²) >= 11 is 0. The predicted octanol–water partition coefficient (Wildman–Crippen LogP) is 3.44. The molecule has 1 unspecified atom stereocenters.